The monoisotopic (exact) mass is 442 g/mol. The highest BCUT2D eigenvalue weighted by molar-refractivity contribution is 7.18. The Kier molecular flexibility index (Phi) is 7.65. The summed E-state index contributed by atoms with van der Waals surface area (Å²) in [6.07, 6.45) is -2.18. The van der Waals surface area contributed by atoms with Crippen molar-refractivity contribution in [1.82, 2.24) is 14.7 Å². The number of esters is 1. The SMILES string of the molecule is CCCOC(=O)c1c(NC(=O)Cn2nc(C)cc2C(F)F)sc(C(=O)N(C)C)c1C. The van der Waals surface area contributed by atoms with Gasteiger partial charge in [-0.3, -0.25) is 14.3 Å². The van der Waals surface area contributed by atoms with E-state index in [2.05, 4.69) is 10.4 Å². The first kappa shape index (κ1) is 23.5. The summed E-state index contributed by atoms with van der Waals surface area (Å²) in [4.78, 5) is 39.1. The van der Waals surface area contributed by atoms with Crippen molar-refractivity contribution in [2.75, 3.05) is 26.0 Å². The minimum absolute atomic E-state index is 0.0812. The van der Waals surface area contributed by atoms with E-state index in [1.54, 1.807) is 27.9 Å². The van der Waals surface area contributed by atoms with Crippen molar-refractivity contribution in [3.8, 4) is 0 Å². The van der Waals surface area contributed by atoms with Gasteiger partial charge in [-0.2, -0.15) is 5.10 Å². The second-order valence-corrected chi connectivity index (χ2v) is 7.83. The van der Waals surface area contributed by atoms with Gasteiger partial charge in [-0.05, 0) is 31.9 Å². The molecule has 2 aromatic rings. The third kappa shape index (κ3) is 5.21. The molecule has 0 spiro atoms. The molecular formula is C19H24F2N4O4S. The highest BCUT2D eigenvalue weighted by atomic mass is 32.1. The smallest absolute Gasteiger partial charge is 0.341 e. The van der Waals surface area contributed by atoms with Crippen molar-refractivity contribution in [2.24, 2.45) is 0 Å². The summed E-state index contributed by atoms with van der Waals surface area (Å²) in [5.41, 5.74) is 0.444. The Balaban J connectivity index is 2.35. The van der Waals surface area contributed by atoms with Gasteiger partial charge in [-0.25, -0.2) is 13.6 Å². The summed E-state index contributed by atoms with van der Waals surface area (Å²) in [5.74, 6) is -1.65. The van der Waals surface area contributed by atoms with E-state index in [9.17, 15) is 23.2 Å². The molecule has 0 fully saturated rings. The van der Waals surface area contributed by atoms with Crippen LogP contribution in [0.3, 0.4) is 0 Å². The number of aryl methyl sites for hydroxylation is 1. The standard InChI is InChI=1S/C19H24F2N4O4S/c1-6-7-29-19(28)14-11(3)15(18(27)24(4)5)30-17(14)22-13(26)9-25-12(16(20)21)8-10(2)23-25/h8,16H,6-7,9H2,1-5H3,(H,22,26). The molecule has 2 aromatic heterocycles. The van der Waals surface area contributed by atoms with E-state index in [1.165, 1.54) is 11.0 Å². The molecular weight excluding hydrogens is 418 g/mol. The molecule has 2 heterocycles. The summed E-state index contributed by atoms with van der Waals surface area (Å²) >= 11 is 0.937. The molecule has 0 saturated carbocycles. The molecule has 0 radical (unpaired) electrons. The lowest BCUT2D eigenvalue weighted by Gasteiger charge is -2.09. The number of carbonyl (C=O) groups is 3. The Morgan fingerprint density at radius 1 is 1.30 bits per heavy atom. The molecule has 1 N–H and O–H groups in total. The van der Waals surface area contributed by atoms with E-state index in [1.807, 2.05) is 6.92 Å². The predicted molar refractivity (Wildman–Crippen MR) is 108 cm³/mol. The van der Waals surface area contributed by atoms with Crippen LogP contribution in [-0.2, 0) is 16.1 Å². The summed E-state index contributed by atoms with van der Waals surface area (Å²) in [5, 5.41) is 6.59. The molecule has 8 nitrogen and oxygen atoms in total. The van der Waals surface area contributed by atoms with Gasteiger partial charge in [0.05, 0.1) is 22.7 Å². The second-order valence-electron chi connectivity index (χ2n) is 6.81. The molecule has 0 aliphatic carbocycles. The number of nitrogens with zero attached hydrogens (tertiary/aromatic N) is 3. The molecule has 0 aliphatic heterocycles. The van der Waals surface area contributed by atoms with Crippen molar-refractivity contribution in [3.63, 3.8) is 0 Å². The van der Waals surface area contributed by atoms with Gasteiger partial charge in [-0.1, -0.05) is 6.92 Å². The Labute approximate surface area is 176 Å². The summed E-state index contributed by atoms with van der Waals surface area (Å²) < 4.78 is 32.4. The van der Waals surface area contributed by atoms with Crippen LogP contribution in [0.1, 0.15) is 56.8 Å². The van der Waals surface area contributed by atoms with E-state index in [0.29, 0.717) is 17.7 Å². The maximum atomic E-state index is 13.1. The third-order valence-corrected chi connectivity index (χ3v) is 5.29. The van der Waals surface area contributed by atoms with Crippen molar-refractivity contribution in [2.45, 2.75) is 40.2 Å². The number of hydrogen-bond acceptors (Lipinski definition) is 6. The van der Waals surface area contributed by atoms with E-state index in [-0.39, 0.29) is 33.6 Å². The zero-order valence-corrected chi connectivity index (χ0v) is 18.2. The van der Waals surface area contributed by atoms with Gasteiger partial charge in [-0.15, -0.1) is 11.3 Å². The lowest BCUT2D eigenvalue weighted by molar-refractivity contribution is -0.117. The van der Waals surface area contributed by atoms with Gasteiger partial charge >= 0.3 is 5.97 Å². The number of thiophene rings is 1. The molecule has 0 aliphatic rings. The number of aromatic nitrogens is 2. The minimum Gasteiger partial charge on any atom is -0.462 e. The van der Waals surface area contributed by atoms with E-state index in [4.69, 9.17) is 4.74 Å². The molecule has 2 amide bonds. The molecule has 164 valence electrons. The first-order chi connectivity index (χ1) is 14.1. The number of amides is 2. The second kappa shape index (κ2) is 9.79. The Morgan fingerprint density at radius 3 is 2.53 bits per heavy atom. The Hall–Kier alpha value is -2.82. The summed E-state index contributed by atoms with van der Waals surface area (Å²) in [6, 6.07) is 1.20. The molecule has 0 aromatic carbocycles. The van der Waals surface area contributed by atoms with Crippen LogP contribution in [0.25, 0.3) is 0 Å². The van der Waals surface area contributed by atoms with E-state index >= 15 is 0 Å². The van der Waals surface area contributed by atoms with Crippen LogP contribution < -0.4 is 5.32 Å². The summed E-state index contributed by atoms with van der Waals surface area (Å²) in [6.45, 7) is 4.69. The highest BCUT2D eigenvalue weighted by Gasteiger charge is 2.28. The largest absolute Gasteiger partial charge is 0.462 e. The summed E-state index contributed by atoms with van der Waals surface area (Å²) in [7, 11) is 3.14. The van der Waals surface area contributed by atoms with Crippen molar-refractivity contribution >= 4 is 34.1 Å². The number of alkyl halides is 2. The maximum absolute atomic E-state index is 13.1. The first-order valence-electron chi connectivity index (χ1n) is 9.21. The minimum atomic E-state index is -2.79. The molecule has 30 heavy (non-hydrogen) atoms. The van der Waals surface area contributed by atoms with Crippen molar-refractivity contribution in [1.29, 1.82) is 0 Å². The van der Waals surface area contributed by atoms with Gasteiger partial charge in [0.15, 0.2) is 0 Å². The third-order valence-electron chi connectivity index (χ3n) is 4.09. The molecule has 0 bridgehead atoms. The first-order valence-corrected chi connectivity index (χ1v) is 10.0. The number of hydrogen-bond donors (Lipinski definition) is 1. The lowest BCUT2D eigenvalue weighted by Crippen LogP contribution is -2.22. The van der Waals surface area contributed by atoms with Crippen molar-refractivity contribution in [3.05, 3.63) is 33.5 Å². The van der Waals surface area contributed by atoms with Crippen molar-refractivity contribution < 1.29 is 27.9 Å². The molecule has 0 unspecified atom stereocenters. The lowest BCUT2D eigenvalue weighted by atomic mass is 10.1. The predicted octanol–water partition coefficient (Wildman–Crippen LogP) is 3.41. The fourth-order valence-corrected chi connectivity index (χ4v) is 3.92. The fourth-order valence-electron chi connectivity index (χ4n) is 2.69. The average Bonchev–Trinajstić information content (AvgIpc) is 3.18. The average molecular weight is 442 g/mol. The van der Waals surface area contributed by atoms with Crippen LogP contribution in [0.15, 0.2) is 6.07 Å². The van der Waals surface area contributed by atoms with Crippen LogP contribution >= 0.6 is 11.3 Å². The van der Waals surface area contributed by atoms with E-state index in [0.717, 1.165) is 16.0 Å². The van der Waals surface area contributed by atoms with Crippen LogP contribution in [0.2, 0.25) is 0 Å². The topological polar surface area (TPSA) is 93.5 Å². The molecule has 0 atom stereocenters. The number of ether oxygens (including phenoxy) is 1. The molecule has 0 saturated heterocycles. The van der Waals surface area contributed by atoms with Gasteiger partial charge in [0, 0.05) is 14.1 Å². The number of anilines is 1. The maximum Gasteiger partial charge on any atom is 0.341 e. The van der Waals surface area contributed by atoms with Gasteiger partial charge in [0.25, 0.3) is 12.3 Å². The number of nitrogens with one attached hydrogen (secondary N) is 1. The fraction of sp³-hybridized carbons (Fsp3) is 0.474. The Bertz CT molecular complexity index is 953. The highest BCUT2D eigenvalue weighted by Crippen LogP contribution is 2.34. The molecule has 2 rings (SSSR count). The number of halogens is 2. The quantitative estimate of drug-likeness (QED) is 0.633. The normalized spacial score (nSPS) is 10.9. The van der Waals surface area contributed by atoms with Gasteiger partial charge < -0.3 is 15.0 Å². The van der Waals surface area contributed by atoms with Crippen LogP contribution in [0, 0.1) is 13.8 Å². The Morgan fingerprint density at radius 2 is 1.97 bits per heavy atom. The zero-order valence-electron chi connectivity index (χ0n) is 17.4. The number of rotatable bonds is 8. The molecule has 11 heteroatoms. The van der Waals surface area contributed by atoms with Gasteiger partial charge in [0.1, 0.15) is 17.2 Å². The van der Waals surface area contributed by atoms with E-state index < -0.39 is 24.8 Å². The number of carbonyl (C=O) groups excluding carboxylic acids is 3. The van der Waals surface area contributed by atoms with Gasteiger partial charge in [0.2, 0.25) is 5.91 Å². The zero-order chi connectivity index (χ0) is 22.6. The van der Waals surface area contributed by atoms with Crippen LogP contribution in [0.4, 0.5) is 13.8 Å². The van der Waals surface area contributed by atoms with Crippen LogP contribution in [0.5, 0.6) is 0 Å². The van der Waals surface area contributed by atoms with Crippen LogP contribution in [-0.4, -0.2) is 53.2 Å².